The minimum Gasteiger partial charge on any atom is -0.386 e. The number of carbonyl (C=O) groups excluding carboxylic acids is 3. The Bertz CT molecular complexity index is 1830. The first kappa shape index (κ1) is 46.7. The van der Waals surface area contributed by atoms with Crippen molar-refractivity contribution in [2.24, 2.45) is 5.41 Å². The molecule has 2 amide bonds. The minimum absolute atomic E-state index is 0.0305. The summed E-state index contributed by atoms with van der Waals surface area (Å²) in [5, 5.41) is 26.2. The molecule has 10 N–H and O–H groups in total. The second kappa shape index (κ2) is 20.1. The molecule has 1 aliphatic rings. The number of fused-ring (bicyclic) bond motifs is 1. The third kappa shape index (κ3) is 14.6. The molecule has 24 nitrogen and oxygen atoms in total. The fraction of sp³-hybridized carbons (Fsp3) is 0.630. The quantitative estimate of drug-likeness (QED) is 0.0428. The molecule has 0 aromatic carbocycles. The Balaban J connectivity index is 1.49. The van der Waals surface area contributed by atoms with E-state index in [1.807, 2.05) is 6.92 Å². The van der Waals surface area contributed by atoms with Crippen LogP contribution in [0.3, 0.4) is 0 Å². The number of imidazole rings is 1. The van der Waals surface area contributed by atoms with Crippen molar-refractivity contribution in [1.82, 2.24) is 30.2 Å². The number of phosphoric acid groups is 3. The van der Waals surface area contributed by atoms with E-state index in [4.69, 9.17) is 19.5 Å². The highest BCUT2D eigenvalue weighted by atomic mass is 32.2. The third-order valence-electron chi connectivity index (χ3n) is 7.46. The Hall–Kier alpha value is -2.70. The first-order chi connectivity index (χ1) is 25.6. The highest BCUT2D eigenvalue weighted by Crippen LogP contribution is 2.61. The lowest BCUT2D eigenvalue weighted by Gasteiger charge is -2.30. The number of anilines is 1. The number of amides is 2. The smallest absolute Gasteiger partial charge is 0.386 e. The van der Waals surface area contributed by atoms with Gasteiger partial charge in [-0.05, 0) is 12.5 Å². The number of ether oxygens (including phenoxy) is 1. The van der Waals surface area contributed by atoms with Crippen LogP contribution in [0.2, 0.25) is 0 Å². The number of nitrogen functional groups attached to an aromatic ring is 1. The summed E-state index contributed by atoms with van der Waals surface area (Å²) >= 11 is 1.03. The molecule has 1 aliphatic heterocycles. The minimum atomic E-state index is -5.57. The van der Waals surface area contributed by atoms with Crippen molar-refractivity contribution in [3.8, 4) is 0 Å². The SMILES string of the molecule is CCCC=CC(=O)SCCNC(=O)CCNC(=O)[C@@H](O)C(C)(C)COP(=O)(O)OP(=O)(O)OC[C@H]1O[C@@H](n2cnc3c(N)ncnc32)[C@H](O)[C@@H]1OP(=O)(O)O. The van der Waals surface area contributed by atoms with Crippen molar-refractivity contribution in [3.63, 3.8) is 0 Å². The van der Waals surface area contributed by atoms with Crippen LogP contribution < -0.4 is 16.4 Å². The summed E-state index contributed by atoms with van der Waals surface area (Å²) in [4.78, 5) is 87.2. The zero-order valence-corrected chi connectivity index (χ0v) is 33.1. The first-order valence-electron chi connectivity index (χ1n) is 16.3. The van der Waals surface area contributed by atoms with Gasteiger partial charge in [-0.25, -0.2) is 28.6 Å². The summed E-state index contributed by atoms with van der Waals surface area (Å²) in [5.41, 5.74) is 4.26. The number of nitrogens with one attached hydrogen (secondary N) is 2. The molecule has 0 saturated carbocycles. The molecule has 0 aliphatic carbocycles. The van der Waals surface area contributed by atoms with Crippen LogP contribution in [-0.2, 0) is 50.7 Å². The van der Waals surface area contributed by atoms with Gasteiger partial charge in [-0.1, -0.05) is 45.0 Å². The van der Waals surface area contributed by atoms with Crippen LogP contribution in [0.5, 0.6) is 0 Å². The van der Waals surface area contributed by atoms with E-state index in [2.05, 4.69) is 34.4 Å². The van der Waals surface area contributed by atoms with Crippen LogP contribution in [0.4, 0.5) is 5.82 Å². The molecule has 0 spiro atoms. The highest BCUT2D eigenvalue weighted by Gasteiger charge is 2.50. The van der Waals surface area contributed by atoms with Crippen molar-refractivity contribution in [1.29, 1.82) is 0 Å². The standard InChI is InChI=1S/C27H44N7O17P3S/c1-4-5-6-7-18(36)55-11-10-29-17(35)8-9-30-25(39)22(38)27(2,3)13-48-54(45,46)51-53(43,44)47-12-16-21(50-52(40,41)42)20(37)26(49-16)34-15-33-19-23(28)31-14-32-24(19)34/h6-7,14-16,20-22,26,37-38H,4-5,8-13H2,1-3H3,(H,29,35)(H,30,39)(H,43,44)(H,45,46)(H2,28,31,32)(H2,40,41,42)/t16-,20-,21-,22-,26-/m1/s1. The summed E-state index contributed by atoms with van der Waals surface area (Å²) in [6.07, 6.45) is -1.97. The number of allylic oxidation sites excluding steroid dienone is 1. The number of aliphatic hydroxyl groups is 2. The molecule has 28 heteroatoms. The number of nitrogens with zero attached hydrogens (tertiary/aromatic N) is 4. The second-order valence-electron chi connectivity index (χ2n) is 12.4. The Kier molecular flexibility index (Phi) is 17.1. The van der Waals surface area contributed by atoms with Gasteiger partial charge in [0.15, 0.2) is 17.7 Å². The van der Waals surface area contributed by atoms with E-state index in [9.17, 15) is 57.9 Å². The number of rotatable bonds is 22. The summed E-state index contributed by atoms with van der Waals surface area (Å²) < 4.78 is 62.0. The van der Waals surface area contributed by atoms with E-state index in [1.54, 1.807) is 6.08 Å². The van der Waals surface area contributed by atoms with Gasteiger partial charge in [0.05, 0.1) is 19.5 Å². The first-order valence-corrected chi connectivity index (χ1v) is 21.8. The van der Waals surface area contributed by atoms with Gasteiger partial charge in [-0.3, -0.25) is 32.5 Å². The van der Waals surface area contributed by atoms with Gasteiger partial charge in [0.25, 0.3) is 0 Å². The Morgan fingerprint density at radius 2 is 1.78 bits per heavy atom. The van der Waals surface area contributed by atoms with Gasteiger partial charge in [0.2, 0.25) is 16.9 Å². The molecule has 310 valence electrons. The average molecular weight is 864 g/mol. The van der Waals surface area contributed by atoms with Crippen molar-refractivity contribution >= 4 is 69.1 Å². The number of carbonyl (C=O) groups is 3. The van der Waals surface area contributed by atoms with E-state index in [0.717, 1.165) is 41.8 Å². The van der Waals surface area contributed by atoms with E-state index in [1.165, 1.54) is 19.9 Å². The molecule has 3 heterocycles. The van der Waals surface area contributed by atoms with Crippen molar-refractivity contribution in [2.45, 2.75) is 70.7 Å². The van der Waals surface area contributed by atoms with E-state index < -0.39 is 84.6 Å². The van der Waals surface area contributed by atoms with E-state index >= 15 is 0 Å². The lowest BCUT2D eigenvalue weighted by molar-refractivity contribution is -0.137. The van der Waals surface area contributed by atoms with E-state index in [-0.39, 0.29) is 41.6 Å². The summed E-state index contributed by atoms with van der Waals surface area (Å²) in [6, 6.07) is 0. The van der Waals surface area contributed by atoms with Crippen LogP contribution in [0.25, 0.3) is 11.2 Å². The second-order valence-corrected chi connectivity index (χ2v) is 17.8. The van der Waals surface area contributed by atoms with Gasteiger partial charge < -0.3 is 50.9 Å². The topological polar surface area (TPSA) is 364 Å². The molecule has 0 bridgehead atoms. The highest BCUT2D eigenvalue weighted by molar-refractivity contribution is 8.14. The molecule has 2 aromatic heterocycles. The number of hydrogen-bond acceptors (Lipinski definition) is 18. The van der Waals surface area contributed by atoms with Crippen LogP contribution >= 0.6 is 35.2 Å². The molecule has 7 atom stereocenters. The summed E-state index contributed by atoms with van der Waals surface area (Å²) in [7, 11) is -16.4. The summed E-state index contributed by atoms with van der Waals surface area (Å²) in [6.45, 7) is 2.47. The fourth-order valence-electron chi connectivity index (χ4n) is 4.68. The number of aromatic nitrogens is 4. The molecule has 55 heavy (non-hydrogen) atoms. The number of thioether (sulfide) groups is 1. The predicted octanol–water partition coefficient (Wildman–Crippen LogP) is 0.0210. The van der Waals surface area contributed by atoms with Crippen molar-refractivity contribution in [2.75, 3.05) is 37.8 Å². The number of aliphatic hydroxyl groups excluding tert-OH is 2. The van der Waals surface area contributed by atoms with E-state index in [0.29, 0.717) is 5.75 Å². The molecule has 2 unspecified atom stereocenters. The molecule has 1 saturated heterocycles. The number of phosphoric ester groups is 3. The molecule has 3 rings (SSSR count). The van der Waals surface area contributed by atoms with Crippen LogP contribution in [0.1, 0.15) is 46.3 Å². The van der Waals surface area contributed by atoms with Gasteiger partial charge in [-0.2, -0.15) is 4.31 Å². The lowest BCUT2D eigenvalue weighted by Crippen LogP contribution is -2.46. The molecule has 2 aromatic rings. The van der Waals surface area contributed by atoms with Gasteiger partial charge in [-0.15, -0.1) is 0 Å². The Morgan fingerprint density at radius 3 is 2.45 bits per heavy atom. The largest absolute Gasteiger partial charge is 0.481 e. The van der Waals surface area contributed by atoms with Gasteiger partial charge in [0, 0.05) is 30.7 Å². The van der Waals surface area contributed by atoms with Crippen LogP contribution in [0.15, 0.2) is 24.8 Å². The molecule has 0 radical (unpaired) electrons. The van der Waals surface area contributed by atoms with Crippen molar-refractivity contribution in [3.05, 3.63) is 24.8 Å². The zero-order valence-electron chi connectivity index (χ0n) is 29.6. The fourth-order valence-corrected chi connectivity index (χ4v) is 8.10. The van der Waals surface area contributed by atoms with Crippen LogP contribution in [0, 0.1) is 5.41 Å². The molecule has 1 fully saturated rings. The monoisotopic (exact) mass is 863 g/mol. The zero-order chi connectivity index (χ0) is 41.2. The normalized spacial score (nSPS) is 22.0. The molecular formula is C27H44N7O17P3S. The van der Waals surface area contributed by atoms with Gasteiger partial charge in [0.1, 0.15) is 36.3 Å². The Morgan fingerprint density at radius 1 is 1.09 bits per heavy atom. The number of unbranched alkanes of at least 4 members (excludes halogenated alkanes) is 1. The maximum Gasteiger partial charge on any atom is 0.481 e. The number of hydrogen-bond donors (Lipinski definition) is 9. The lowest BCUT2D eigenvalue weighted by atomic mass is 9.87. The maximum absolute atomic E-state index is 12.7. The van der Waals surface area contributed by atoms with Crippen molar-refractivity contribution < 1.29 is 80.5 Å². The average Bonchev–Trinajstić information content (AvgIpc) is 3.64. The molecular weight excluding hydrogens is 819 g/mol. The Labute approximate surface area is 318 Å². The van der Waals surface area contributed by atoms with Gasteiger partial charge >= 0.3 is 23.5 Å². The predicted molar refractivity (Wildman–Crippen MR) is 191 cm³/mol. The number of nitrogens with two attached hydrogens (primary N) is 1. The van der Waals surface area contributed by atoms with Crippen LogP contribution in [-0.4, -0.2) is 123 Å². The third-order valence-corrected chi connectivity index (χ3v) is 11.4. The maximum atomic E-state index is 12.7. The summed E-state index contributed by atoms with van der Waals surface area (Å²) in [5.74, 6) is -1.12.